The summed E-state index contributed by atoms with van der Waals surface area (Å²) in [5, 5.41) is 8.02. The van der Waals surface area contributed by atoms with Crippen LogP contribution in [-0.2, 0) is 7.05 Å². The van der Waals surface area contributed by atoms with Crippen molar-refractivity contribution < 1.29 is 4.39 Å². The first-order valence-corrected chi connectivity index (χ1v) is 8.48. The van der Waals surface area contributed by atoms with Crippen molar-refractivity contribution in [1.82, 2.24) is 24.6 Å². The van der Waals surface area contributed by atoms with Gasteiger partial charge in [-0.15, -0.1) is 0 Å². The molecule has 0 saturated heterocycles. The lowest BCUT2D eigenvalue weighted by Gasteiger charge is -2.23. The molecular weight excluding hydrogens is 317 g/mol. The fraction of sp³-hybridized carbons (Fsp3) is 0.368. The highest BCUT2D eigenvalue weighted by molar-refractivity contribution is 5.27. The van der Waals surface area contributed by atoms with Crippen LogP contribution in [0.25, 0.3) is 0 Å². The number of halogens is 1. The Labute approximate surface area is 147 Å². The summed E-state index contributed by atoms with van der Waals surface area (Å²) < 4.78 is 17.2. The van der Waals surface area contributed by atoms with Crippen LogP contribution in [0.4, 0.5) is 4.39 Å². The maximum absolute atomic E-state index is 13.3. The summed E-state index contributed by atoms with van der Waals surface area (Å²) in [4.78, 5) is 4.48. The second-order valence-electron chi connectivity index (χ2n) is 6.62. The Hall–Kier alpha value is -2.47. The molecule has 2 heterocycles. The molecule has 25 heavy (non-hydrogen) atoms. The van der Waals surface area contributed by atoms with Gasteiger partial charge in [-0.25, -0.2) is 9.37 Å². The average molecular weight is 341 g/mol. The monoisotopic (exact) mass is 341 g/mol. The number of rotatable bonds is 6. The second kappa shape index (κ2) is 7.19. The highest BCUT2D eigenvalue weighted by atomic mass is 19.1. The van der Waals surface area contributed by atoms with E-state index in [-0.39, 0.29) is 17.9 Å². The van der Waals surface area contributed by atoms with Gasteiger partial charge >= 0.3 is 0 Å². The lowest BCUT2D eigenvalue weighted by atomic mass is 10.0. The molecule has 5 nitrogen and oxygen atoms in total. The van der Waals surface area contributed by atoms with Crippen molar-refractivity contribution in [1.29, 1.82) is 0 Å². The number of hydrogen-bond acceptors (Lipinski definition) is 3. The molecule has 0 amide bonds. The fourth-order valence-electron chi connectivity index (χ4n) is 2.84. The number of aromatic nitrogens is 4. The lowest BCUT2D eigenvalue weighted by Crippen LogP contribution is -2.27. The van der Waals surface area contributed by atoms with Gasteiger partial charge in [-0.3, -0.25) is 10.00 Å². The summed E-state index contributed by atoms with van der Waals surface area (Å²) in [7, 11) is 1.96. The van der Waals surface area contributed by atoms with Crippen molar-refractivity contribution in [2.75, 3.05) is 0 Å². The van der Waals surface area contributed by atoms with E-state index in [2.05, 4.69) is 42.4 Å². The zero-order valence-corrected chi connectivity index (χ0v) is 15.0. The van der Waals surface area contributed by atoms with Gasteiger partial charge in [0.1, 0.15) is 11.6 Å². The molecule has 0 aliphatic heterocycles. The zero-order valence-electron chi connectivity index (χ0n) is 15.0. The Morgan fingerprint density at radius 3 is 2.36 bits per heavy atom. The molecule has 2 atom stereocenters. The molecule has 0 radical (unpaired) electrons. The van der Waals surface area contributed by atoms with Gasteiger partial charge < -0.3 is 4.57 Å². The summed E-state index contributed by atoms with van der Waals surface area (Å²) >= 11 is 0. The molecule has 132 valence electrons. The van der Waals surface area contributed by atoms with Crippen LogP contribution >= 0.6 is 0 Å². The van der Waals surface area contributed by atoms with Gasteiger partial charge in [0.05, 0.1) is 12.2 Å². The van der Waals surface area contributed by atoms with E-state index in [0.29, 0.717) is 6.04 Å². The van der Waals surface area contributed by atoms with Gasteiger partial charge in [0, 0.05) is 43.3 Å². The van der Waals surface area contributed by atoms with E-state index in [9.17, 15) is 4.39 Å². The highest BCUT2D eigenvalue weighted by Crippen LogP contribution is 2.25. The summed E-state index contributed by atoms with van der Waals surface area (Å²) in [6, 6.07) is 6.81. The zero-order chi connectivity index (χ0) is 18.0. The van der Waals surface area contributed by atoms with Crippen molar-refractivity contribution in [3.63, 3.8) is 0 Å². The Kier molecular flexibility index (Phi) is 4.99. The molecule has 1 aromatic carbocycles. The van der Waals surface area contributed by atoms with Gasteiger partial charge in [-0.2, -0.15) is 5.10 Å². The van der Waals surface area contributed by atoms with Crippen LogP contribution in [0.1, 0.15) is 55.8 Å². The Morgan fingerprint density at radius 1 is 1.08 bits per heavy atom. The van der Waals surface area contributed by atoms with Crippen molar-refractivity contribution in [3.8, 4) is 0 Å². The summed E-state index contributed by atoms with van der Waals surface area (Å²) in [5.74, 6) is 0.642. The van der Waals surface area contributed by atoms with Crippen LogP contribution in [0.15, 0.2) is 49.1 Å². The van der Waals surface area contributed by atoms with Gasteiger partial charge in [-0.1, -0.05) is 12.1 Å². The number of imidazole rings is 1. The Morgan fingerprint density at radius 2 is 1.80 bits per heavy atom. The quantitative estimate of drug-likeness (QED) is 0.742. The van der Waals surface area contributed by atoms with Gasteiger partial charge in [-0.05, 0) is 38.5 Å². The molecule has 0 bridgehead atoms. The number of hydrogen-bond donors (Lipinski definition) is 1. The highest BCUT2D eigenvalue weighted by Gasteiger charge is 2.22. The maximum Gasteiger partial charge on any atom is 0.130 e. The Bertz CT molecular complexity index is 818. The molecule has 0 unspecified atom stereocenters. The van der Waals surface area contributed by atoms with Crippen LogP contribution in [-0.4, -0.2) is 19.3 Å². The largest absolute Gasteiger partial charge is 0.336 e. The average Bonchev–Trinajstić information content (AvgIpc) is 3.23. The predicted octanol–water partition coefficient (Wildman–Crippen LogP) is 3.78. The van der Waals surface area contributed by atoms with Crippen LogP contribution < -0.4 is 5.32 Å². The van der Waals surface area contributed by atoms with Crippen molar-refractivity contribution in [3.05, 3.63) is 71.8 Å². The van der Waals surface area contributed by atoms with Gasteiger partial charge in [0.25, 0.3) is 0 Å². The molecule has 3 rings (SSSR count). The molecular formula is C19H24FN5. The van der Waals surface area contributed by atoms with E-state index in [1.807, 2.05) is 28.7 Å². The third kappa shape index (κ3) is 3.79. The van der Waals surface area contributed by atoms with Crippen LogP contribution in [0.3, 0.4) is 0 Å². The van der Waals surface area contributed by atoms with Crippen LogP contribution in [0, 0.1) is 5.82 Å². The van der Waals surface area contributed by atoms with E-state index in [0.717, 1.165) is 17.0 Å². The van der Waals surface area contributed by atoms with E-state index in [1.165, 1.54) is 12.1 Å². The number of nitrogens with one attached hydrogen (secondary N) is 1. The minimum Gasteiger partial charge on any atom is -0.336 e. The number of nitrogens with zero attached hydrogens (tertiary/aromatic N) is 4. The first-order valence-electron chi connectivity index (χ1n) is 8.48. The second-order valence-corrected chi connectivity index (χ2v) is 6.62. The fourth-order valence-corrected chi connectivity index (χ4v) is 2.84. The van der Waals surface area contributed by atoms with Crippen molar-refractivity contribution in [2.24, 2.45) is 7.05 Å². The smallest absolute Gasteiger partial charge is 0.130 e. The molecule has 0 aliphatic carbocycles. The minimum atomic E-state index is -0.242. The minimum absolute atomic E-state index is 0.0688. The molecule has 0 aliphatic rings. The maximum atomic E-state index is 13.3. The topological polar surface area (TPSA) is 47.7 Å². The number of aryl methyl sites for hydroxylation is 1. The molecule has 0 spiro atoms. The van der Waals surface area contributed by atoms with E-state index < -0.39 is 0 Å². The molecule has 0 saturated carbocycles. The SMILES string of the molecule is CC(C)n1cc([C@H](C)N[C@@H](c2ccc(F)cc2)c2nccn2C)cn1. The lowest BCUT2D eigenvalue weighted by molar-refractivity contribution is 0.486. The van der Waals surface area contributed by atoms with Gasteiger partial charge in [0.2, 0.25) is 0 Å². The van der Waals surface area contributed by atoms with E-state index in [4.69, 9.17) is 0 Å². The summed E-state index contributed by atoms with van der Waals surface area (Å²) in [5.41, 5.74) is 2.08. The molecule has 3 aromatic rings. The normalized spacial score (nSPS) is 14.0. The molecule has 6 heteroatoms. The van der Waals surface area contributed by atoms with E-state index in [1.54, 1.807) is 18.3 Å². The Balaban J connectivity index is 1.89. The van der Waals surface area contributed by atoms with Crippen molar-refractivity contribution in [2.45, 2.75) is 38.9 Å². The third-order valence-electron chi connectivity index (χ3n) is 4.39. The summed E-state index contributed by atoms with van der Waals surface area (Å²) in [6.07, 6.45) is 7.63. The molecule has 0 fully saturated rings. The van der Waals surface area contributed by atoms with Crippen LogP contribution in [0.2, 0.25) is 0 Å². The molecule has 1 N–H and O–H groups in total. The van der Waals surface area contributed by atoms with E-state index >= 15 is 0 Å². The van der Waals surface area contributed by atoms with Crippen LogP contribution in [0.5, 0.6) is 0 Å². The first kappa shape index (κ1) is 17.4. The van der Waals surface area contributed by atoms with Crippen molar-refractivity contribution >= 4 is 0 Å². The number of benzene rings is 1. The van der Waals surface area contributed by atoms with Gasteiger partial charge in [0.15, 0.2) is 0 Å². The first-order chi connectivity index (χ1) is 12.0. The molecule has 2 aromatic heterocycles. The summed E-state index contributed by atoms with van der Waals surface area (Å²) in [6.45, 7) is 6.30. The standard InChI is InChI=1S/C19H24FN5/c1-13(2)25-12-16(11-22-25)14(3)23-18(19-21-9-10-24(19)4)15-5-7-17(20)8-6-15/h5-14,18,23H,1-4H3/t14-,18-/m0/s1. The predicted molar refractivity (Wildman–Crippen MR) is 95.6 cm³/mol. The third-order valence-corrected chi connectivity index (χ3v) is 4.39.